The van der Waals surface area contributed by atoms with E-state index >= 15 is 0 Å². The molecular weight excluding hydrogens is 312 g/mol. The van der Waals surface area contributed by atoms with E-state index in [2.05, 4.69) is 15.2 Å². The van der Waals surface area contributed by atoms with Gasteiger partial charge in [0.25, 0.3) is 0 Å². The number of carbonyl (C=O) groups excluding carboxylic acids is 2. The predicted molar refractivity (Wildman–Crippen MR) is 92.1 cm³/mol. The number of thiazole rings is 1. The van der Waals surface area contributed by atoms with Crippen LogP contribution in [0.1, 0.15) is 24.3 Å². The van der Waals surface area contributed by atoms with Crippen LogP contribution in [-0.2, 0) is 9.59 Å². The van der Waals surface area contributed by atoms with Crippen LogP contribution in [0.15, 0.2) is 17.7 Å². The zero-order valence-corrected chi connectivity index (χ0v) is 14.5. The second-order valence-electron chi connectivity index (χ2n) is 5.77. The fraction of sp³-hybridized carbons (Fsp3) is 0.562. The molecule has 0 aliphatic carbocycles. The third-order valence-electron chi connectivity index (χ3n) is 3.84. The van der Waals surface area contributed by atoms with E-state index < -0.39 is 0 Å². The molecule has 2 rings (SSSR count). The van der Waals surface area contributed by atoms with Crippen LogP contribution in [-0.4, -0.2) is 66.4 Å². The third-order valence-corrected chi connectivity index (χ3v) is 4.58. The first-order valence-electron chi connectivity index (χ1n) is 7.88. The van der Waals surface area contributed by atoms with Crippen molar-refractivity contribution in [2.24, 2.45) is 0 Å². The number of nitrogens with zero attached hydrogens (tertiary/aromatic N) is 3. The topological polar surface area (TPSA) is 65.5 Å². The van der Waals surface area contributed by atoms with Gasteiger partial charge in [0.2, 0.25) is 11.8 Å². The molecule has 1 N–H and O–H groups in total. The lowest BCUT2D eigenvalue weighted by Crippen LogP contribution is -2.43. The van der Waals surface area contributed by atoms with Crippen LogP contribution in [0.25, 0.3) is 6.08 Å². The van der Waals surface area contributed by atoms with Gasteiger partial charge >= 0.3 is 0 Å². The van der Waals surface area contributed by atoms with Crippen molar-refractivity contribution >= 4 is 29.2 Å². The van der Waals surface area contributed by atoms with Crippen LogP contribution in [0.4, 0.5) is 0 Å². The highest BCUT2D eigenvalue weighted by atomic mass is 32.1. The molecule has 0 radical (unpaired) electrons. The lowest BCUT2D eigenvalue weighted by molar-refractivity contribution is -0.133. The Labute approximate surface area is 141 Å². The third kappa shape index (κ3) is 5.44. The Kier molecular flexibility index (Phi) is 6.73. The van der Waals surface area contributed by atoms with Gasteiger partial charge in [0.1, 0.15) is 5.01 Å². The molecule has 6 nitrogen and oxygen atoms in total. The summed E-state index contributed by atoms with van der Waals surface area (Å²) in [4.78, 5) is 31.8. The molecule has 1 saturated heterocycles. The second kappa shape index (κ2) is 8.79. The number of hydrogen-bond donors (Lipinski definition) is 1. The maximum Gasteiger partial charge on any atom is 0.244 e. The van der Waals surface area contributed by atoms with E-state index in [1.54, 1.807) is 31.3 Å². The molecule has 2 amide bonds. The van der Waals surface area contributed by atoms with Gasteiger partial charge in [0.15, 0.2) is 0 Å². The summed E-state index contributed by atoms with van der Waals surface area (Å²) in [5.74, 6) is 0.0699. The van der Waals surface area contributed by atoms with Gasteiger partial charge in [-0.25, -0.2) is 4.98 Å². The van der Waals surface area contributed by atoms with Gasteiger partial charge in [0, 0.05) is 44.8 Å². The minimum atomic E-state index is -0.109. The molecule has 126 valence electrons. The number of likely N-dealkylation sites (N-methyl/N-ethyl adjacent to an activating group) is 1. The molecular formula is C16H24N4O2S. The Bertz CT molecular complexity index is 542. The summed E-state index contributed by atoms with van der Waals surface area (Å²) in [5, 5.41) is 5.56. The lowest BCUT2D eigenvalue weighted by Gasteiger charge is -2.25. The zero-order valence-electron chi connectivity index (χ0n) is 13.7. The van der Waals surface area contributed by atoms with Crippen molar-refractivity contribution in [3.63, 3.8) is 0 Å². The first-order valence-corrected chi connectivity index (χ1v) is 8.76. The molecule has 0 spiro atoms. The predicted octanol–water partition coefficient (Wildman–Crippen LogP) is 1.22. The van der Waals surface area contributed by atoms with Gasteiger partial charge in [-0.1, -0.05) is 0 Å². The molecule has 7 heteroatoms. The van der Waals surface area contributed by atoms with E-state index in [1.807, 2.05) is 5.38 Å². The molecule has 0 aromatic carbocycles. The number of rotatable bonds is 7. The van der Waals surface area contributed by atoms with E-state index in [0.29, 0.717) is 6.54 Å². The van der Waals surface area contributed by atoms with E-state index in [0.717, 1.165) is 37.4 Å². The molecule has 1 aromatic heterocycles. The SMILES string of the molecule is CN(C)C(=O)[C@@H]1CCCN1CCCNC(=O)/C=C\c1nccs1. The van der Waals surface area contributed by atoms with Gasteiger partial charge in [-0.05, 0) is 31.9 Å². The number of nitrogens with one attached hydrogen (secondary N) is 1. The fourth-order valence-corrected chi connectivity index (χ4v) is 3.22. The van der Waals surface area contributed by atoms with E-state index in [4.69, 9.17) is 0 Å². The van der Waals surface area contributed by atoms with Crippen molar-refractivity contribution in [1.82, 2.24) is 20.1 Å². The van der Waals surface area contributed by atoms with Crippen LogP contribution < -0.4 is 5.32 Å². The summed E-state index contributed by atoms with van der Waals surface area (Å²) in [6, 6.07) is 0.00509. The lowest BCUT2D eigenvalue weighted by atomic mass is 10.2. The number of carbonyl (C=O) groups is 2. The molecule has 23 heavy (non-hydrogen) atoms. The monoisotopic (exact) mass is 336 g/mol. The molecule has 1 aliphatic heterocycles. The van der Waals surface area contributed by atoms with Crippen LogP contribution in [0.2, 0.25) is 0 Å². The summed E-state index contributed by atoms with van der Waals surface area (Å²) in [5.41, 5.74) is 0. The first kappa shape index (κ1) is 17.6. The maximum atomic E-state index is 12.1. The van der Waals surface area contributed by atoms with E-state index in [-0.39, 0.29) is 17.9 Å². The Balaban J connectivity index is 1.66. The van der Waals surface area contributed by atoms with Crippen LogP contribution in [0, 0.1) is 0 Å². The van der Waals surface area contributed by atoms with Crippen molar-refractivity contribution in [2.45, 2.75) is 25.3 Å². The van der Waals surface area contributed by atoms with Crippen LogP contribution >= 0.6 is 11.3 Å². The Morgan fingerprint density at radius 3 is 3.04 bits per heavy atom. The minimum Gasteiger partial charge on any atom is -0.353 e. The van der Waals surface area contributed by atoms with E-state index in [1.165, 1.54) is 17.4 Å². The average Bonchev–Trinajstić information content (AvgIpc) is 3.20. The molecule has 0 unspecified atom stereocenters. The number of hydrogen-bond acceptors (Lipinski definition) is 5. The smallest absolute Gasteiger partial charge is 0.244 e. The molecule has 1 aliphatic rings. The minimum absolute atomic E-state index is 0.00509. The van der Waals surface area contributed by atoms with Crippen LogP contribution in [0.5, 0.6) is 0 Å². The summed E-state index contributed by atoms with van der Waals surface area (Å²) < 4.78 is 0. The van der Waals surface area contributed by atoms with Gasteiger partial charge in [0.05, 0.1) is 6.04 Å². The second-order valence-corrected chi connectivity index (χ2v) is 6.70. The van der Waals surface area contributed by atoms with Crippen LogP contribution in [0.3, 0.4) is 0 Å². The summed E-state index contributed by atoms with van der Waals surface area (Å²) in [7, 11) is 3.60. The Morgan fingerprint density at radius 2 is 2.35 bits per heavy atom. The highest BCUT2D eigenvalue weighted by Gasteiger charge is 2.30. The first-order chi connectivity index (χ1) is 11.1. The molecule has 1 fully saturated rings. The Morgan fingerprint density at radius 1 is 1.52 bits per heavy atom. The number of amides is 2. The molecule has 2 heterocycles. The summed E-state index contributed by atoms with van der Waals surface area (Å²) in [6.45, 7) is 2.41. The molecule has 0 bridgehead atoms. The quantitative estimate of drug-likeness (QED) is 0.600. The van der Waals surface area contributed by atoms with Crippen molar-refractivity contribution < 1.29 is 9.59 Å². The van der Waals surface area contributed by atoms with Gasteiger partial charge in [-0.15, -0.1) is 11.3 Å². The number of aromatic nitrogens is 1. The summed E-state index contributed by atoms with van der Waals surface area (Å²) >= 11 is 1.49. The standard InChI is InChI=1S/C16H24N4O2S/c1-19(2)16(22)13-5-3-10-20(13)11-4-8-17-14(21)6-7-15-18-9-12-23-15/h6-7,9,12-13H,3-5,8,10-11H2,1-2H3,(H,17,21)/b7-6-/t13-/m0/s1. The largest absolute Gasteiger partial charge is 0.353 e. The average molecular weight is 336 g/mol. The highest BCUT2D eigenvalue weighted by molar-refractivity contribution is 7.10. The highest BCUT2D eigenvalue weighted by Crippen LogP contribution is 2.18. The normalized spacial score (nSPS) is 18.4. The van der Waals surface area contributed by atoms with Gasteiger partial charge in [-0.3, -0.25) is 14.5 Å². The van der Waals surface area contributed by atoms with Gasteiger partial charge < -0.3 is 10.2 Å². The summed E-state index contributed by atoms with van der Waals surface area (Å²) in [6.07, 6.45) is 7.77. The van der Waals surface area contributed by atoms with Gasteiger partial charge in [-0.2, -0.15) is 0 Å². The van der Waals surface area contributed by atoms with Crippen molar-refractivity contribution in [1.29, 1.82) is 0 Å². The van der Waals surface area contributed by atoms with E-state index in [9.17, 15) is 9.59 Å². The molecule has 1 aromatic rings. The number of likely N-dealkylation sites (tertiary alicyclic amines) is 1. The maximum absolute atomic E-state index is 12.1. The fourth-order valence-electron chi connectivity index (χ4n) is 2.69. The zero-order chi connectivity index (χ0) is 16.7. The van der Waals surface area contributed by atoms with Crippen molar-refractivity contribution in [3.8, 4) is 0 Å². The molecule has 0 saturated carbocycles. The van der Waals surface area contributed by atoms with Crippen molar-refractivity contribution in [2.75, 3.05) is 33.7 Å². The molecule has 1 atom stereocenters. The van der Waals surface area contributed by atoms with Crippen molar-refractivity contribution in [3.05, 3.63) is 22.7 Å². The Hall–Kier alpha value is -1.73.